The molecule has 1 aromatic rings. The van der Waals surface area contributed by atoms with Gasteiger partial charge in [-0.3, -0.25) is 0 Å². The summed E-state index contributed by atoms with van der Waals surface area (Å²) < 4.78 is 19.6. The molecule has 2 nitrogen and oxygen atoms in total. The molecule has 1 fully saturated rings. The Labute approximate surface area is 95.8 Å². The van der Waals surface area contributed by atoms with Gasteiger partial charge in [0.25, 0.3) is 0 Å². The molecule has 0 saturated carbocycles. The van der Waals surface area contributed by atoms with Gasteiger partial charge in [0.05, 0.1) is 0 Å². The summed E-state index contributed by atoms with van der Waals surface area (Å²) in [5, 5.41) is 3.02. The molecule has 88 valence electrons. The van der Waals surface area contributed by atoms with E-state index < -0.39 is 5.67 Å². The van der Waals surface area contributed by atoms with Crippen molar-refractivity contribution < 1.29 is 9.13 Å². The predicted octanol–water partition coefficient (Wildman–Crippen LogP) is 2.38. The lowest BCUT2D eigenvalue weighted by Crippen LogP contribution is -2.33. The molecule has 1 unspecified atom stereocenters. The standard InChI is InChI=1S/C13H18FNO/c1-10-5-11(2)7-12(6-10)16-9-13(14)3-4-15-8-13/h5-7,15H,3-4,8-9H2,1-2H3. The zero-order valence-corrected chi connectivity index (χ0v) is 9.85. The monoisotopic (exact) mass is 223 g/mol. The van der Waals surface area contributed by atoms with Crippen LogP contribution in [0.15, 0.2) is 18.2 Å². The van der Waals surface area contributed by atoms with Crippen molar-refractivity contribution in [3.63, 3.8) is 0 Å². The summed E-state index contributed by atoms with van der Waals surface area (Å²) >= 11 is 0. The number of hydrogen-bond acceptors (Lipinski definition) is 2. The van der Waals surface area contributed by atoms with Gasteiger partial charge in [-0.05, 0) is 50.1 Å². The van der Waals surface area contributed by atoms with Crippen LogP contribution in [0, 0.1) is 13.8 Å². The van der Waals surface area contributed by atoms with Gasteiger partial charge in [-0.15, -0.1) is 0 Å². The van der Waals surface area contributed by atoms with Gasteiger partial charge in [0.2, 0.25) is 0 Å². The lowest BCUT2D eigenvalue weighted by Gasteiger charge is -2.19. The fourth-order valence-electron chi connectivity index (χ4n) is 2.07. The molecule has 1 saturated heterocycles. The Hall–Kier alpha value is -1.09. The quantitative estimate of drug-likeness (QED) is 0.849. The van der Waals surface area contributed by atoms with Gasteiger partial charge in [-0.1, -0.05) is 6.07 Å². The number of rotatable bonds is 3. The van der Waals surface area contributed by atoms with Crippen LogP contribution in [0.1, 0.15) is 17.5 Å². The van der Waals surface area contributed by atoms with Gasteiger partial charge in [0, 0.05) is 6.54 Å². The second kappa shape index (κ2) is 4.42. The van der Waals surface area contributed by atoms with E-state index in [9.17, 15) is 4.39 Å². The zero-order valence-electron chi connectivity index (χ0n) is 9.85. The van der Waals surface area contributed by atoms with Gasteiger partial charge < -0.3 is 10.1 Å². The van der Waals surface area contributed by atoms with Gasteiger partial charge in [-0.2, -0.15) is 0 Å². The van der Waals surface area contributed by atoms with E-state index in [1.807, 2.05) is 26.0 Å². The molecule has 1 N–H and O–H groups in total. The summed E-state index contributed by atoms with van der Waals surface area (Å²) in [7, 11) is 0. The van der Waals surface area contributed by atoms with Crippen LogP contribution in [0.5, 0.6) is 5.75 Å². The molecule has 1 aromatic carbocycles. The molecule has 1 heterocycles. The van der Waals surface area contributed by atoms with E-state index >= 15 is 0 Å². The summed E-state index contributed by atoms with van der Waals surface area (Å²) in [5.74, 6) is 0.765. The first-order valence-electron chi connectivity index (χ1n) is 5.68. The number of ether oxygens (including phenoxy) is 1. The average Bonchev–Trinajstić information content (AvgIpc) is 2.62. The van der Waals surface area contributed by atoms with Crippen molar-refractivity contribution in [2.75, 3.05) is 19.7 Å². The molecule has 0 bridgehead atoms. The number of aryl methyl sites for hydroxylation is 2. The molecule has 0 radical (unpaired) electrons. The largest absolute Gasteiger partial charge is 0.490 e. The van der Waals surface area contributed by atoms with Crippen LogP contribution in [0.4, 0.5) is 4.39 Å². The van der Waals surface area contributed by atoms with Crippen molar-refractivity contribution in [1.29, 1.82) is 0 Å². The molecular weight excluding hydrogens is 205 g/mol. The Morgan fingerprint density at radius 1 is 1.31 bits per heavy atom. The van der Waals surface area contributed by atoms with Crippen molar-refractivity contribution in [2.24, 2.45) is 0 Å². The number of benzene rings is 1. The summed E-state index contributed by atoms with van der Waals surface area (Å²) in [6.45, 7) is 5.32. The topological polar surface area (TPSA) is 21.3 Å². The van der Waals surface area contributed by atoms with Crippen molar-refractivity contribution in [1.82, 2.24) is 5.32 Å². The minimum absolute atomic E-state index is 0.142. The third-order valence-corrected chi connectivity index (χ3v) is 2.88. The van der Waals surface area contributed by atoms with Crippen LogP contribution in [-0.4, -0.2) is 25.4 Å². The molecule has 2 rings (SSSR count). The molecule has 1 aliphatic rings. The molecule has 0 aromatic heterocycles. The van der Waals surface area contributed by atoms with Crippen molar-refractivity contribution in [3.05, 3.63) is 29.3 Å². The van der Waals surface area contributed by atoms with Gasteiger partial charge in [0.1, 0.15) is 12.4 Å². The Bertz CT molecular complexity index is 352. The second-order valence-corrected chi connectivity index (χ2v) is 4.69. The fraction of sp³-hybridized carbons (Fsp3) is 0.538. The highest BCUT2D eigenvalue weighted by molar-refractivity contribution is 5.33. The van der Waals surface area contributed by atoms with E-state index in [4.69, 9.17) is 4.74 Å². The smallest absolute Gasteiger partial charge is 0.158 e. The average molecular weight is 223 g/mol. The second-order valence-electron chi connectivity index (χ2n) is 4.69. The molecule has 3 heteroatoms. The lowest BCUT2D eigenvalue weighted by atomic mass is 10.1. The van der Waals surface area contributed by atoms with Crippen molar-refractivity contribution >= 4 is 0 Å². The Balaban J connectivity index is 1.98. The maximum Gasteiger partial charge on any atom is 0.158 e. The van der Waals surface area contributed by atoms with Crippen LogP contribution in [0.2, 0.25) is 0 Å². The van der Waals surface area contributed by atoms with Gasteiger partial charge in [-0.25, -0.2) is 4.39 Å². The van der Waals surface area contributed by atoms with E-state index in [-0.39, 0.29) is 6.61 Å². The predicted molar refractivity (Wildman–Crippen MR) is 62.7 cm³/mol. The first-order valence-corrected chi connectivity index (χ1v) is 5.68. The first-order chi connectivity index (χ1) is 7.57. The minimum atomic E-state index is -1.20. The van der Waals surface area contributed by atoms with Crippen LogP contribution in [-0.2, 0) is 0 Å². The Kier molecular flexibility index (Phi) is 3.15. The molecule has 0 aliphatic carbocycles. The Morgan fingerprint density at radius 2 is 2.00 bits per heavy atom. The SMILES string of the molecule is Cc1cc(C)cc(OCC2(F)CCNC2)c1. The molecule has 0 amide bonds. The molecule has 16 heavy (non-hydrogen) atoms. The summed E-state index contributed by atoms with van der Waals surface area (Å²) in [6, 6.07) is 5.96. The summed E-state index contributed by atoms with van der Waals surface area (Å²) in [6.07, 6.45) is 0.539. The summed E-state index contributed by atoms with van der Waals surface area (Å²) in [4.78, 5) is 0. The van der Waals surface area contributed by atoms with Crippen molar-refractivity contribution in [2.45, 2.75) is 25.9 Å². The van der Waals surface area contributed by atoms with E-state index in [0.717, 1.165) is 23.4 Å². The van der Waals surface area contributed by atoms with Crippen LogP contribution in [0.25, 0.3) is 0 Å². The highest BCUT2D eigenvalue weighted by Gasteiger charge is 2.34. The normalized spacial score (nSPS) is 24.7. The minimum Gasteiger partial charge on any atom is -0.490 e. The maximum atomic E-state index is 14.0. The zero-order chi connectivity index (χ0) is 11.6. The highest BCUT2D eigenvalue weighted by Crippen LogP contribution is 2.23. The Morgan fingerprint density at radius 3 is 2.56 bits per heavy atom. The van der Waals surface area contributed by atoms with E-state index in [2.05, 4.69) is 11.4 Å². The lowest BCUT2D eigenvalue weighted by molar-refractivity contribution is 0.103. The maximum absolute atomic E-state index is 14.0. The number of hydrogen-bond donors (Lipinski definition) is 1. The third-order valence-electron chi connectivity index (χ3n) is 2.88. The molecule has 1 aliphatic heterocycles. The van der Waals surface area contributed by atoms with Crippen LogP contribution < -0.4 is 10.1 Å². The summed E-state index contributed by atoms with van der Waals surface area (Å²) in [5.41, 5.74) is 1.09. The van der Waals surface area contributed by atoms with E-state index in [0.29, 0.717) is 13.0 Å². The van der Waals surface area contributed by atoms with Crippen LogP contribution in [0.3, 0.4) is 0 Å². The number of alkyl halides is 1. The van der Waals surface area contributed by atoms with Gasteiger partial charge >= 0.3 is 0 Å². The molecule has 0 spiro atoms. The number of halogens is 1. The fourth-order valence-corrected chi connectivity index (χ4v) is 2.07. The highest BCUT2D eigenvalue weighted by atomic mass is 19.1. The van der Waals surface area contributed by atoms with Gasteiger partial charge in [0.15, 0.2) is 5.67 Å². The molecular formula is C13H18FNO. The van der Waals surface area contributed by atoms with E-state index in [1.54, 1.807) is 0 Å². The molecule has 1 atom stereocenters. The van der Waals surface area contributed by atoms with E-state index in [1.165, 1.54) is 0 Å². The number of nitrogens with one attached hydrogen (secondary N) is 1. The van der Waals surface area contributed by atoms with Crippen LogP contribution >= 0.6 is 0 Å². The van der Waals surface area contributed by atoms with Crippen molar-refractivity contribution in [3.8, 4) is 5.75 Å². The first kappa shape index (κ1) is 11.4. The third kappa shape index (κ3) is 2.73.